The summed E-state index contributed by atoms with van der Waals surface area (Å²) >= 11 is 0. The van der Waals surface area contributed by atoms with Crippen molar-refractivity contribution in [2.45, 2.75) is 37.5 Å². The molecule has 1 unspecified atom stereocenters. The van der Waals surface area contributed by atoms with Crippen LogP contribution in [0.25, 0.3) is 0 Å². The highest BCUT2D eigenvalue weighted by atomic mass is 32.2. The van der Waals surface area contributed by atoms with Gasteiger partial charge in [0.2, 0.25) is 15.9 Å². The lowest BCUT2D eigenvalue weighted by atomic mass is 9.98. The van der Waals surface area contributed by atoms with E-state index in [1.807, 2.05) is 24.0 Å². The Bertz CT molecular complexity index is 869. The molecule has 1 heterocycles. The van der Waals surface area contributed by atoms with Crippen molar-refractivity contribution in [3.8, 4) is 12.1 Å². The van der Waals surface area contributed by atoms with Crippen LogP contribution in [-0.4, -0.2) is 63.4 Å². The van der Waals surface area contributed by atoms with Gasteiger partial charge in [-0.2, -0.15) is 10.5 Å². The first kappa shape index (κ1) is 23.8. The first-order chi connectivity index (χ1) is 14.4. The van der Waals surface area contributed by atoms with Crippen LogP contribution in [0, 0.1) is 35.5 Å². The third-order valence-corrected chi connectivity index (χ3v) is 6.63. The molecule has 1 aliphatic heterocycles. The number of hydrogen-bond donors (Lipinski definition) is 1. The minimum Gasteiger partial charge on any atom is -0.340 e. The number of piperidine rings is 1. The lowest BCUT2D eigenvalue weighted by Crippen LogP contribution is -2.46. The summed E-state index contributed by atoms with van der Waals surface area (Å²) in [6.07, 6.45) is 2.26. The smallest absolute Gasteiger partial charge is 0.240 e. The Balaban J connectivity index is 1.88. The summed E-state index contributed by atoms with van der Waals surface area (Å²) in [6.45, 7) is 4.51. The van der Waals surface area contributed by atoms with Gasteiger partial charge in [-0.1, -0.05) is 17.7 Å². The zero-order chi connectivity index (χ0) is 22.0. The molecule has 0 aliphatic carbocycles. The summed E-state index contributed by atoms with van der Waals surface area (Å²) in [5, 5.41) is 17.6. The minimum absolute atomic E-state index is 0.0959. The zero-order valence-electron chi connectivity index (χ0n) is 17.4. The van der Waals surface area contributed by atoms with Crippen LogP contribution in [0.4, 0.5) is 0 Å². The SMILES string of the molecule is Cc1ccc(S(=O)(=O)NCC2CCCN(CC(=O)N(CCC#N)CCC#N)C2)cc1. The summed E-state index contributed by atoms with van der Waals surface area (Å²) in [4.78, 5) is 16.5. The summed E-state index contributed by atoms with van der Waals surface area (Å²) < 4.78 is 27.7. The quantitative estimate of drug-likeness (QED) is 0.602. The van der Waals surface area contributed by atoms with Crippen molar-refractivity contribution in [1.29, 1.82) is 10.5 Å². The lowest BCUT2D eigenvalue weighted by Gasteiger charge is -2.33. The van der Waals surface area contributed by atoms with Crippen LogP contribution in [0.3, 0.4) is 0 Å². The average Bonchev–Trinajstić information content (AvgIpc) is 2.73. The number of rotatable bonds is 10. The van der Waals surface area contributed by atoms with Gasteiger partial charge >= 0.3 is 0 Å². The number of nitrogens with one attached hydrogen (secondary N) is 1. The Morgan fingerprint density at radius 3 is 2.43 bits per heavy atom. The van der Waals surface area contributed by atoms with E-state index in [0.29, 0.717) is 26.2 Å². The standard InChI is InChI=1S/C21H29N5O3S/c1-18-6-8-20(9-7-18)30(28,29)24-15-19-5-2-12-25(16-19)17-21(27)26(13-3-10-22)14-4-11-23/h6-9,19,24H,2-5,12-17H2,1H3. The van der Waals surface area contributed by atoms with Crippen LogP contribution in [0.15, 0.2) is 29.2 Å². The molecule has 0 aromatic heterocycles. The average molecular weight is 432 g/mol. The molecule has 0 radical (unpaired) electrons. The predicted molar refractivity (Wildman–Crippen MR) is 113 cm³/mol. The van der Waals surface area contributed by atoms with E-state index < -0.39 is 10.0 Å². The topological polar surface area (TPSA) is 117 Å². The molecule has 0 spiro atoms. The maximum Gasteiger partial charge on any atom is 0.240 e. The van der Waals surface area contributed by atoms with Crippen LogP contribution < -0.4 is 4.72 Å². The molecule has 30 heavy (non-hydrogen) atoms. The lowest BCUT2D eigenvalue weighted by molar-refractivity contribution is -0.132. The molecule has 1 amide bonds. The van der Waals surface area contributed by atoms with Crippen LogP contribution in [0.2, 0.25) is 0 Å². The van der Waals surface area contributed by atoms with Gasteiger partial charge in [0.15, 0.2) is 0 Å². The van der Waals surface area contributed by atoms with Gasteiger partial charge in [-0.15, -0.1) is 0 Å². The van der Waals surface area contributed by atoms with Crippen molar-refractivity contribution >= 4 is 15.9 Å². The second kappa shape index (κ2) is 11.7. The third-order valence-electron chi connectivity index (χ3n) is 5.20. The number of nitrogens with zero attached hydrogens (tertiary/aromatic N) is 4. The van der Waals surface area contributed by atoms with Gasteiger partial charge in [0.05, 0.1) is 36.4 Å². The van der Waals surface area contributed by atoms with Gasteiger partial charge in [-0.3, -0.25) is 9.69 Å². The maximum absolute atomic E-state index is 12.6. The number of sulfonamides is 1. The Morgan fingerprint density at radius 2 is 1.83 bits per heavy atom. The van der Waals surface area contributed by atoms with Gasteiger partial charge in [-0.25, -0.2) is 13.1 Å². The number of aryl methyl sites for hydroxylation is 1. The van der Waals surface area contributed by atoms with E-state index in [9.17, 15) is 13.2 Å². The van der Waals surface area contributed by atoms with Crippen molar-refractivity contribution in [1.82, 2.24) is 14.5 Å². The molecule has 1 fully saturated rings. The molecule has 1 atom stereocenters. The van der Waals surface area contributed by atoms with E-state index in [-0.39, 0.29) is 36.1 Å². The monoisotopic (exact) mass is 431 g/mol. The molecule has 0 saturated carbocycles. The Kier molecular flexibility index (Phi) is 9.25. The van der Waals surface area contributed by atoms with Crippen LogP contribution in [0.1, 0.15) is 31.2 Å². The van der Waals surface area contributed by atoms with Gasteiger partial charge in [0.1, 0.15) is 0 Å². The summed E-state index contributed by atoms with van der Waals surface area (Å²) in [7, 11) is -3.56. The van der Waals surface area contributed by atoms with E-state index in [1.165, 1.54) is 0 Å². The van der Waals surface area contributed by atoms with Crippen molar-refractivity contribution in [3.05, 3.63) is 29.8 Å². The molecule has 9 heteroatoms. The molecule has 1 aromatic carbocycles. The number of carbonyl (C=O) groups excluding carboxylic acids is 1. The fourth-order valence-corrected chi connectivity index (χ4v) is 4.63. The number of nitriles is 2. The minimum atomic E-state index is -3.56. The molecule has 162 valence electrons. The molecular weight excluding hydrogens is 402 g/mol. The molecule has 1 aromatic rings. The van der Waals surface area contributed by atoms with Gasteiger partial charge in [0.25, 0.3) is 0 Å². The predicted octanol–water partition coefficient (Wildman–Crippen LogP) is 1.64. The number of hydrogen-bond acceptors (Lipinski definition) is 6. The van der Waals surface area contributed by atoms with Crippen molar-refractivity contribution in [2.24, 2.45) is 5.92 Å². The number of carbonyl (C=O) groups is 1. The molecule has 0 bridgehead atoms. The van der Waals surface area contributed by atoms with Crippen molar-refractivity contribution in [3.63, 3.8) is 0 Å². The van der Waals surface area contributed by atoms with Crippen molar-refractivity contribution in [2.75, 3.05) is 39.3 Å². The van der Waals surface area contributed by atoms with Crippen LogP contribution in [0.5, 0.6) is 0 Å². The number of benzene rings is 1. The summed E-state index contributed by atoms with van der Waals surface area (Å²) in [5.41, 5.74) is 1.00. The van der Waals surface area contributed by atoms with Crippen LogP contribution in [-0.2, 0) is 14.8 Å². The first-order valence-electron chi connectivity index (χ1n) is 10.2. The Morgan fingerprint density at radius 1 is 1.20 bits per heavy atom. The highest BCUT2D eigenvalue weighted by Crippen LogP contribution is 2.17. The fourth-order valence-electron chi connectivity index (χ4n) is 3.51. The first-order valence-corrected chi connectivity index (χ1v) is 11.6. The number of likely N-dealkylation sites (tertiary alicyclic amines) is 1. The molecule has 8 nitrogen and oxygen atoms in total. The van der Waals surface area contributed by atoms with Gasteiger partial charge in [0, 0.05) is 26.2 Å². The molecule has 1 saturated heterocycles. The van der Waals surface area contributed by atoms with Gasteiger partial charge < -0.3 is 4.90 Å². The van der Waals surface area contributed by atoms with E-state index in [4.69, 9.17) is 10.5 Å². The van der Waals surface area contributed by atoms with E-state index in [2.05, 4.69) is 4.72 Å². The second-order valence-corrected chi connectivity index (χ2v) is 9.37. The van der Waals surface area contributed by atoms with E-state index in [1.54, 1.807) is 29.2 Å². The fraction of sp³-hybridized carbons (Fsp3) is 0.571. The molecule has 1 N–H and O–H groups in total. The largest absolute Gasteiger partial charge is 0.340 e. The third kappa shape index (κ3) is 7.42. The number of amides is 1. The molecule has 1 aliphatic rings. The Labute approximate surface area is 179 Å². The van der Waals surface area contributed by atoms with Crippen LogP contribution >= 0.6 is 0 Å². The molecule has 2 rings (SSSR count). The molecular formula is C21H29N5O3S. The summed E-state index contributed by atoms with van der Waals surface area (Å²) in [5.74, 6) is 0.0276. The highest BCUT2D eigenvalue weighted by Gasteiger charge is 2.25. The van der Waals surface area contributed by atoms with E-state index in [0.717, 1.165) is 24.9 Å². The second-order valence-electron chi connectivity index (χ2n) is 7.61. The van der Waals surface area contributed by atoms with Gasteiger partial charge in [-0.05, 0) is 44.4 Å². The van der Waals surface area contributed by atoms with E-state index >= 15 is 0 Å². The maximum atomic E-state index is 12.6. The van der Waals surface area contributed by atoms with Crippen molar-refractivity contribution < 1.29 is 13.2 Å². The normalized spacial score (nSPS) is 17.1. The zero-order valence-corrected chi connectivity index (χ0v) is 18.2. The Hall–Kier alpha value is -2.46. The summed E-state index contributed by atoms with van der Waals surface area (Å²) in [6, 6.07) is 10.8. The highest BCUT2D eigenvalue weighted by molar-refractivity contribution is 7.89.